The number of anilines is 1. The number of methoxy groups -OCH3 is 1. The summed E-state index contributed by atoms with van der Waals surface area (Å²) in [7, 11) is 3.34. The average Bonchev–Trinajstić information content (AvgIpc) is 2.96. The van der Waals surface area contributed by atoms with Crippen LogP contribution in [0.5, 0.6) is 5.75 Å². The molecule has 0 aliphatic carbocycles. The molecule has 21 heavy (non-hydrogen) atoms. The first-order chi connectivity index (χ1) is 10.1. The number of hydrogen-bond acceptors (Lipinski definition) is 4. The number of likely N-dealkylation sites (N-methyl/N-ethyl adjacent to an activating group) is 1. The van der Waals surface area contributed by atoms with Crippen LogP contribution in [0.15, 0.2) is 43.0 Å². The van der Waals surface area contributed by atoms with Gasteiger partial charge in [-0.25, -0.2) is 4.79 Å². The van der Waals surface area contributed by atoms with E-state index in [0.717, 1.165) is 17.0 Å². The van der Waals surface area contributed by atoms with Crippen molar-refractivity contribution >= 4 is 22.6 Å². The molecule has 1 heterocycles. The Bertz CT molecular complexity index is 622. The molecule has 0 aliphatic heterocycles. The van der Waals surface area contributed by atoms with Gasteiger partial charge in [0.1, 0.15) is 10.8 Å². The van der Waals surface area contributed by atoms with Gasteiger partial charge in [-0.05, 0) is 35.8 Å². The van der Waals surface area contributed by atoms with Crippen LogP contribution in [0.4, 0.5) is 9.80 Å². The minimum atomic E-state index is -0.181. The Morgan fingerprint density at radius 1 is 1.48 bits per heavy atom. The minimum absolute atomic E-state index is 0.181. The van der Waals surface area contributed by atoms with Gasteiger partial charge < -0.3 is 9.64 Å². The second-order valence-corrected chi connectivity index (χ2v) is 5.21. The zero-order valence-corrected chi connectivity index (χ0v) is 12.8. The number of nitrogens with one attached hydrogen (secondary N) is 1. The molecule has 5 nitrogen and oxygen atoms in total. The topological polar surface area (TPSA) is 54.5 Å². The first-order valence-electron chi connectivity index (χ1n) is 6.38. The largest absolute Gasteiger partial charge is 0.497 e. The van der Waals surface area contributed by atoms with Crippen LogP contribution in [0.3, 0.4) is 0 Å². The van der Waals surface area contributed by atoms with Crippen molar-refractivity contribution in [2.75, 3.05) is 26.0 Å². The van der Waals surface area contributed by atoms with Crippen LogP contribution < -0.4 is 10.1 Å². The molecule has 0 saturated heterocycles. The standard InChI is InChI=1S/C15H17N3O2S/c1-4-9-18(2)15(19)16-14-10-13(17-21-14)11-5-7-12(20-3)8-6-11/h4-8,10H,1,9H2,2-3H3,(H,16,19). The molecule has 0 unspecified atom stereocenters. The highest BCUT2D eigenvalue weighted by Gasteiger charge is 2.10. The van der Waals surface area contributed by atoms with E-state index in [1.54, 1.807) is 25.1 Å². The number of benzene rings is 1. The van der Waals surface area contributed by atoms with Crippen LogP contribution in [0.25, 0.3) is 11.3 Å². The van der Waals surface area contributed by atoms with Crippen molar-refractivity contribution < 1.29 is 9.53 Å². The Labute approximate surface area is 128 Å². The van der Waals surface area contributed by atoms with Crippen LogP contribution >= 0.6 is 11.5 Å². The second kappa shape index (κ2) is 6.90. The van der Waals surface area contributed by atoms with Crippen molar-refractivity contribution in [3.05, 3.63) is 43.0 Å². The molecule has 2 amide bonds. The van der Waals surface area contributed by atoms with Gasteiger partial charge in [-0.1, -0.05) is 6.08 Å². The summed E-state index contributed by atoms with van der Waals surface area (Å²) in [6.07, 6.45) is 1.68. The first kappa shape index (κ1) is 15.1. The number of urea groups is 1. The van der Waals surface area contributed by atoms with Crippen molar-refractivity contribution in [1.29, 1.82) is 0 Å². The monoisotopic (exact) mass is 303 g/mol. The van der Waals surface area contributed by atoms with Gasteiger partial charge in [0.25, 0.3) is 0 Å². The van der Waals surface area contributed by atoms with E-state index in [-0.39, 0.29) is 6.03 Å². The van der Waals surface area contributed by atoms with Gasteiger partial charge in [0.2, 0.25) is 0 Å². The van der Waals surface area contributed by atoms with Gasteiger partial charge in [0.05, 0.1) is 12.8 Å². The van der Waals surface area contributed by atoms with Crippen molar-refractivity contribution in [3.63, 3.8) is 0 Å². The molecule has 1 aromatic heterocycles. The quantitative estimate of drug-likeness (QED) is 0.861. The lowest BCUT2D eigenvalue weighted by molar-refractivity contribution is 0.227. The summed E-state index contributed by atoms with van der Waals surface area (Å²) in [5, 5.41) is 3.52. The fourth-order valence-electron chi connectivity index (χ4n) is 1.71. The van der Waals surface area contributed by atoms with Crippen LogP contribution in [0.2, 0.25) is 0 Å². The summed E-state index contributed by atoms with van der Waals surface area (Å²) in [5.41, 5.74) is 1.80. The first-order valence-corrected chi connectivity index (χ1v) is 7.15. The predicted molar refractivity (Wildman–Crippen MR) is 85.9 cm³/mol. The fraction of sp³-hybridized carbons (Fsp3) is 0.200. The highest BCUT2D eigenvalue weighted by Crippen LogP contribution is 2.26. The van der Waals surface area contributed by atoms with Crippen LogP contribution in [-0.2, 0) is 0 Å². The number of nitrogens with zero attached hydrogens (tertiary/aromatic N) is 2. The average molecular weight is 303 g/mol. The molecule has 0 aliphatic rings. The lowest BCUT2D eigenvalue weighted by Crippen LogP contribution is -2.30. The van der Waals surface area contributed by atoms with Gasteiger partial charge in [-0.15, -0.1) is 6.58 Å². The number of amides is 2. The number of carbonyl (C=O) groups excluding carboxylic acids is 1. The summed E-state index contributed by atoms with van der Waals surface area (Å²) in [5.74, 6) is 0.800. The van der Waals surface area contributed by atoms with E-state index in [1.807, 2.05) is 30.3 Å². The Balaban J connectivity index is 2.06. The van der Waals surface area contributed by atoms with Crippen LogP contribution in [0.1, 0.15) is 0 Å². The lowest BCUT2D eigenvalue weighted by atomic mass is 10.1. The maximum Gasteiger partial charge on any atom is 0.322 e. The second-order valence-electron chi connectivity index (χ2n) is 4.40. The van der Waals surface area contributed by atoms with Gasteiger partial charge in [-0.3, -0.25) is 5.32 Å². The van der Waals surface area contributed by atoms with Crippen molar-refractivity contribution in [1.82, 2.24) is 9.27 Å². The molecule has 0 bridgehead atoms. The summed E-state index contributed by atoms with van der Waals surface area (Å²) in [4.78, 5) is 13.4. The van der Waals surface area contributed by atoms with E-state index in [4.69, 9.17) is 4.74 Å². The maximum atomic E-state index is 11.9. The van der Waals surface area contributed by atoms with Gasteiger partial charge in [0.15, 0.2) is 0 Å². The molecule has 110 valence electrons. The molecule has 6 heteroatoms. The third kappa shape index (κ3) is 3.82. The molecule has 0 atom stereocenters. The van der Waals surface area contributed by atoms with E-state index in [9.17, 15) is 4.79 Å². The number of ether oxygens (including phenoxy) is 1. The molecular formula is C15H17N3O2S. The molecular weight excluding hydrogens is 286 g/mol. The van der Waals surface area contributed by atoms with Crippen LogP contribution in [-0.4, -0.2) is 36.0 Å². The van der Waals surface area contributed by atoms with Gasteiger partial charge in [0, 0.05) is 25.2 Å². The molecule has 1 N–H and O–H groups in total. The fourth-order valence-corrected chi connectivity index (χ4v) is 2.36. The number of aromatic nitrogens is 1. The van der Waals surface area contributed by atoms with Crippen molar-refractivity contribution in [2.45, 2.75) is 0 Å². The molecule has 0 saturated carbocycles. The van der Waals surface area contributed by atoms with Gasteiger partial charge >= 0.3 is 6.03 Å². The Hall–Kier alpha value is -2.34. The van der Waals surface area contributed by atoms with Crippen molar-refractivity contribution in [2.24, 2.45) is 0 Å². The summed E-state index contributed by atoms with van der Waals surface area (Å²) in [6.45, 7) is 4.10. The zero-order valence-electron chi connectivity index (χ0n) is 12.0. The summed E-state index contributed by atoms with van der Waals surface area (Å²) >= 11 is 1.25. The summed E-state index contributed by atoms with van der Waals surface area (Å²) in [6, 6.07) is 9.30. The molecule has 2 rings (SSSR count). The number of rotatable bonds is 5. The van der Waals surface area contributed by atoms with E-state index in [2.05, 4.69) is 16.3 Å². The zero-order chi connectivity index (χ0) is 15.2. The van der Waals surface area contributed by atoms with Crippen LogP contribution in [0, 0.1) is 0 Å². The third-order valence-corrected chi connectivity index (χ3v) is 3.58. The van der Waals surface area contributed by atoms with E-state index in [1.165, 1.54) is 11.5 Å². The molecule has 1 aromatic carbocycles. The lowest BCUT2D eigenvalue weighted by Gasteiger charge is -2.14. The SMILES string of the molecule is C=CCN(C)C(=O)Nc1cc(-c2ccc(OC)cc2)ns1. The predicted octanol–water partition coefficient (Wildman–Crippen LogP) is 3.47. The molecule has 0 spiro atoms. The number of carbonyl (C=O) groups is 1. The smallest absolute Gasteiger partial charge is 0.322 e. The summed E-state index contributed by atoms with van der Waals surface area (Å²) < 4.78 is 9.47. The molecule has 0 radical (unpaired) electrons. The van der Waals surface area contributed by atoms with E-state index in [0.29, 0.717) is 11.5 Å². The van der Waals surface area contributed by atoms with Crippen molar-refractivity contribution in [3.8, 4) is 17.0 Å². The third-order valence-electron chi connectivity index (χ3n) is 2.88. The minimum Gasteiger partial charge on any atom is -0.497 e. The molecule has 2 aromatic rings. The molecule has 0 fully saturated rings. The normalized spacial score (nSPS) is 10.0. The number of hydrogen-bond donors (Lipinski definition) is 1. The Morgan fingerprint density at radius 2 is 2.19 bits per heavy atom. The van der Waals surface area contributed by atoms with Gasteiger partial charge in [-0.2, -0.15) is 4.37 Å². The highest BCUT2D eigenvalue weighted by molar-refractivity contribution is 7.10. The highest BCUT2D eigenvalue weighted by atomic mass is 32.1. The Kier molecular flexibility index (Phi) is 4.94. The van der Waals surface area contributed by atoms with E-state index >= 15 is 0 Å². The van der Waals surface area contributed by atoms with E-state index < -0.39 is 0 Å². The maximum absolute atomic E-state index is 11.9. The Morgan fingerprint density at radius 3 is 2.81 bits per heavy atom.